The molecule has 0 radical (unpaired) electrons. The van der Waals surface area contributed by atoms with Crippen LogP contribution in [0.25, 0.3) is 6.08 Å². The number of hydrogen-bond acceptors (Lipinski definition) is 4. The lowest BCUT2D eigenvalue weighted by molar-refractivity contribution is -0.132. The van der Waals surface area contributed by atoms with Crippen molar-refractivity contribution in [1.82, 2.24) is 4.98 Å². The molecule has 0 amide bonds. The quantitative estimate of drug-likeness (QED) is 0.662. The Balaban J connectivity index is 2.40. The summed E-state index contributed by atoms with van der Waals surface area (Å²) >= 11 is 5.83. The maximum Gasteiger partial charge on any atom is 0.333 e. The van der Waals surface area contributed by atoms with Crippen LogP contribution in [0.5, 0.6) is 0 Å². The fraction of sp³-hybridized carbons (Fsp3) is 0.250. The number of carboxylic acid groups (broad SMARTS) is 1. The van der Waals surface area contributed by atoms with E-state index in [4.69, 9.17) is 16.7 Å². The second-order valence-electron chi connectivity index (χ2n) is 3.92. The zero-order valence-electron chi connectivity index (χ0n) is 9.47. The number of fused-ring (bicyclic) bond motifs is 1. The predicted octanol–water partition coefficient (Wildman–Crippen LogP) is 1.61. The van der Waals surface area contributed by atoms with Crippen LogP contribution in [0.3, 0.4) is 0 Å². The summed E-state index contributed by atoms with van der Waals surface area (Å²) in [6.45, 7) is 0.720. The van der Waals surface area contributed by atoms with Gasteiger partial charge in [0.25, 0.3) is 0 Å². The van der Waals surface area contributed by atoms with Gasteiger partial charge >= 0.3 is 5.97 Å². The number of rotatable bonds is 4. The van der Waals surface area contributed by atoms with Crippen LogP contribution in [0, 0.1) is 0 Å². The molecule has 0 saturated heterocycles. The number of carboxylic acids is 1. The van der Waals surface area contributed by atoms with E-state index in [9.17, 15) is 9.59 Å². The molecule has 18 heavy (non-hydrogen) atoms. The number of aliphatic carboxylic acids is 1. The van der Waals surface area contributed by atoms with Crippen LogP contribution in [0.15, 0.2) is 17.8 Å². The molecule has 0 bridgehead atoms. The number of halogens is 1. The first-order valence-corrected chi connectivity index (χ1v) is 5.77. The van der Waals surface area contributed by atoms with E-state index in [-0.39, 0.29) is 12.1 Å². The highest BCUT2D eigenvalue weighted by Crippen LogP contribution is 2.30. The van der Waals surface area contributed by atoms with Crippen molar-refractivity contribution in [2.75, 3.05) is 18.0 Å². The Morgan fingerprint density at radius 3 is 3.06 bits per heavy atom. The summed E-state index contributed by atoms with van der Waals surface area (Å²) in [5.74, 6) is -0.966. The van der Waals surface area contributed by atoms with Crippen LogP contribution in [0.2, 0.25) is 5.15 Å². The standard InChI is InChI=1S/C12H11ClN2O3/c13-11-5-10-8(6-14-11)4-9(12(17)18)7-15(10)2-1-3-16/h3-6H,1-2,7H2,(H,17,18). The summed E-state index contributed by atoms with van der Waals surface area (Å²) < 4.78 is 0. The molecule has 2 rings (SSSR count). The molecule has 0 saturated carbocycles. The highest BCUT2D eigenvalue weighted by molar-refractivity contribution is 6.29. The fourth-order valence-electron chi connectivity index (χ4n) is 1.88. The number of nitrogens with zero attached hydrogens (tertiary/aromatic N) is 2. The Morgan fingerprint density at radius 1 is 1.61 bits per heavy atom. The normalized spacial score (nSPS) is 13.8. The van der Waals surface area contributed by atoms with E-state index in [1.165, 1.54) is 6.20 Å². The third-order valence-corrected chi connectivity index (χ3v) is 2.91. The van der Waals surface area contributed by atoms with Crippen LogP contribution < -0.4 is 4.90 Å². The third-order valence-electron chi connectivity index (χ3n) is 2.70. The highest BCUT2D eigenvalue weighted by atomic mass is 35.5. The number of hydrogen-bond donors (Lipinski definition) is 1. The summed E-state index contributed by atoms with van der Waals surface area (Å²) in [7, 11) is 0. The number of aldehydes is 1. The molecular formula is C12H11ClN2O3. The Bertz CT molecular complexity index is 528. The summed E-state index contributed by atoms with van der Waals surface area (Å²) in [5, 5.41) is 9.40. The third kappa shape index (κ3) is 2.51. The molecule has 94 valence electrons. The minimum absolute atomic E-state index is 0.260. The Morgan fingerprint density at radius 2 is 2.39 bits per heavy atom. The van der Waals surface area contributed by atoms with Gasteiger partial charge in [-0.3, -0.25) is 0 Å². The van der Waals surface area contributed by atoms with Gasteiger partial charge in [0.05, 0.1) is 12.1 Å². The van der Waals surface area contributed by atoms with Crippen LogP contribution in [0.1, 0.15) is 12.0 Å². The van der Waals surface area contributed by atoms with Crippen LogP contribution in [0.4, 0.5) is 5.69 Å². The number of pyridine rings is 1. The van der Waals surface area contributed by atoms with Gasteiger partial charge in [-0.05, 0) is 12.1 Å². The second kappa shape index (κ2) is 5.18. The first-order chi connectivity index (χ1) is 8.61. The van der Waals surface area contributed by atoms with Crippen molar-refractivity contribution in [3.63, 3.8) is 0 Å². The van der Waals surface area contributed by atoms with E-state index in [2.05, 4.69) is 4.98 Å². The topological polar surface area (TPSA) is 70.5 Å². The first-order valence-electron chi connectivity index (χ1n) is 5.40. The van der Waals surface area contributed by atoms with Crippen LogP contribution in [-0.4, -0.2) is 35.4 Å². The molecule has 2 heterocycles. The number of carbonyl (C=O) groups excluding carboxylic acids is 1. The molecule has 5 nitrogen and oxygen atoms in total. The molecule has 0 aromatic carbocycles. The van der Waals surface area contributed by atoms with E-state index in [1.54, 1.807) is 12.1 Å². The molecule has 0 aliphatic carbocycles. The van der Waals surface area contributed by atoms with Crippen molar-refractivity contribution in [2.45, 2.75) is 6.42 Å². The van der Waals surface area contributed by atoms with E-state index in [0.29, 0.717) is 23.7 Å². The highest BCUT2D eigenvalue weighted by Gasteiger charge is 2.21. The van der Waals surface area contributed by atoms with Gasteiger partial charge in [-0.15, -0.1) is 0 Å². The number of carbonyl (C=O) groups is 2. The molecule has 6 heteroatoms. The smallest absolute Gasteiger partial charge is 0.333 e. The molecule has 0 fully saturated rings. The lowest BCUT2D eigenvalue weighted by atomic mass is 10.0. The molecule has 1 aliphatic rings. The zero-order chi connectivity index (χ0) is 13.1. The Kier molecular flexibility index (Phi) is 3.62. The van der Waals surface area contributed by atoms with E-state index < -0.39 is 5.97 Å². The molecule has 1 N–H and O–H groups in total. The van der Waals surface area contributed by atoms with Gasteiger partial charge in [-0.1, -0.05) is 11.6 Å². The van der Waals surface area contributed by atoms with Gasteiger partial charge < -0.3 is 14.8 Å². The van der Waals surface area contributed by atoms with Crippen LogP contribution in [-0.2, 0) is 9.59 Å². The minimum atomic E-state index is -0.966. The molecular weight excluding hydrogens is 256 g/mol. The Labute approximate surface area is 109 Å². The van der Waals surface area contributed by atoms with E-state index in [1.807, 2.05) is 4.90 Å². The molecule has 0 unspecified atom stereocenters. The van der Waals surface area contributed by atoms with Gasteiger partial charge in [0.15, 0.2) is 0 Å². The minimum Gasteiger partial charge on any atom is -0.478 e. The summed E-state index contributed by atoms with van der Waals surface area (Å²) in [6, 6.07) is 1.68. The van der Waals surface area contributed by atoms with Crippen molar-refractivity contribution >= 4 is 35.6 Å². The van der Waals surface area contributed by atoms with E-state index >= 15 is 0 Å². The largest absolute Gasteiger partial charge is 0.478 e. The molecule has 0 spiro atoms. The molecule has 1 aliphatic heterocycles. The zero-order valence-corrected chi connectivity index (χ0v) is 10.2. The van der Waals surface area contributed by atoms with Gasteiger partial charge in [0.1, 0.15) is 11.4 Å². The first kappa shape index (κ1) is 12.6. The molecule has 1 aromatic rings. The van der Waals surface area contributed by atoms with Crippen molar-refractivity contribution < 1.29 is 14.7 Å². The monoisotopic (exact) mass is 266 g/mol. The fourth-order valence-corrected chi connectivity index (χ4v) is 2.03. The molecule has 0 atom stereocenters. The average molecular weight is 267 g/mol. The van der Waals surface area contributed by atoms with Crippen molar-refractivity contribution in [2.24, 2.45) is 0 Å². The van der Waals surface area contributed by atoms with Crippen molar-refractivity contribution in [3.05, 3.63) is 28.6 Å². The lowest BCUT2D eigenvalue weighted by Crippen LogP contribution is -2.32. The summed E-state index contributed by atoms with van der Waals surface area (Å²) in [5.41, 5.74) is 1.79. The molecule has 1 aromatic heterocycles. The van der Waals surface area contributed by atoms with Gasteiger partial charge in [-0.2, -0.15) is 0 Å². The number of aromatic nitrogens is 1. The maximum absolute atomic E-state index is 11.0. The summed E-state index contributed by atoms with van der Waals surface area (Å²) in [6.07, 6.45) is 4.26. The van der Waals surface area contributed by atoms with Crippen LogP contribution >= 0.6 is 11.6 Å². The summed E-state index contributed by atoms with van der Waals surface area (Å²) in [4.78, 5) is 27.2. The van der Waals surface area contributed by atoms with Crippen molar-refractivity contribution in [3.8, 4) is 0 Å². The maximum atomic E-state index is 11.0. The second-order valence-corrected chi connectivity index (χ2v) is 4.30. The SMILES string of the molecule is O=CCCN1CC(C(=O)O)=Cc2cnc(Cl)cc21. The number of anilines is 1. The lowest BCUT2D eigenvalue weighted by Gasteiger charge is -2.29. The average Bonchev–Trinajstić information content (AvgIpc) is 2.35. The van der Waals surface area contributed by atoms with Gasteiger partial charge in [0, 0.05) is 30.4 Å². The van der Waals surface area contributed by atoms with Gasteiger partial charge in [0.2, 0.25) is 0 Å². The van der Waals surface area contributed by atoms with Crippen molar-refractivity contribution in [1.29, 1.82) is 0 Å². The Hall–Kier alpha value is -1.88. The van der Waals surface area contributed by atoms with E-state index in [0.717, 1.165) is 12.0 Å². The van der Waals surface area contributed by atoms with Gasteiger partial charge in [-0.25, -0.2) is 9.78 Å². The predicted molar refractivity (Wildman–Crippen MR) is 67.8 cm³/mol.